The lowest BCUT2D eigenvalue weighted by Crippen LogP contribution is -2.48. The summed E-state index contributed by atoms with van der Waals surface area (Å²) < 4.78 is 0. The number of hydrogen-bond acceptors (Lipinski definition) is 2. The lowest BCUT2D eigenvalue weighted by Gasteiger charge is -2.41. The molecule has 21 heavy (non-hydrogen) atoms. The fourth-order valence-electron chi connectivity index (χ4n) is 4.16. The fraction of sp³-hybridized carbons (Fsp3) is 0.647. The molecule has 4 heteroatoms. The van der Waals surface area contributed by atoms with Crippen molar-refractivity contribution in [1.29, 1.82) is 0 Å². The molecule has 2 heterocycles. The van der Waals surface area contributed by atoms with Crippen molar-refractivity contribution in [2.45, 2.75) is 63.7 Å². The largest absolute Gasteiger partial charge is 0.311 e. The van der Waals surface area contributed by atoms with Gasteiger partial charge in [-0.3, -0.25) is 4.90 Å². The van der Waals surface area contributed by atoms with Gasteiger partial charge in [-0.25, -0.2) is 0 Å². The van der Waals surface area contributed by atoms with E-state index in [0.29, 0.717) is 24.2 Å². The molecule has 1 aromatic rings. The van der Waals surface area contributed by atoms with Crippen LogP contribution in [0.5, 0.6) is 0 Å². The molecule has 2 bridgehead atoms. The Balaban J connectivity index is 1.80. The van der Waals surface area contributed by atoms with Crippen LogP contribution >= 0.6 is 23.2 Å². The van der Waals surface area contributed by atoms with Crippen LogP contribution in [0.2, 0.25) is 10.0 Å². The summed E-state index contributed by atoms with van der Waals surface area (Å²) in [7, 11) is 0. The van der Waals surface area contributed by atoms with Gasteiger partial charge < -0.3 is 5.32 Å². The summed E-state index contributed by atoms with van der Waals surface area (Å²) in [6, 6.07) is 8.18. The molecular formula is C17H24Cl2N2. The molecule has 0 radical (unpaired) electrons. The van der Waals surface area contributed by atoms with Gasteiger partial charge in [-0.05, 0) is 62.9 Å². The van der Waals surface area contributed by atoms with Crippen LogP contribution in [0.25, 0.3) is 0 Å². The van der Waals surface area contributed by atoms with Gasteiger partial charge in [0.05, 0.1) is 0 Å². The first kappa shape index (κ1) is 15.6. The second-order valence-electron chi connectivity index (χ2n) is 6.44. The van der Waals surface area contributed by atoms with Gasteiger partial charge in [0.1, 0.15) is 0 Å². The van der Waals surface area contributed by atoms with E-state index in [4.69, 9.17) is 23.2 Å². The molecule has 2 fully saturated rings. The van der Waals surface area contributed by atoms with Gasteiger partial charge in [0, 0.05) is 34.2 Å². The number of halogens is 2. The normalized spacial score (nSPS) is 29.9. The average molecular weight is 327 g/mol. The summed E-state index contributed by atoms with van der Waals surface area (Å²) in [5, 5.41) is 5.31. The summed E-state index contributed by atoms with van der Waals surface area (Å²) in [6.07, 6.45) is 5.19. The second-order valence-corrected chi connectivity index (χ2v) is 7.28. The third kappa shape index (κ3) is 3.24. The van der Waals surface area contributed by atoms with E-state index in [1.54, 1.807) is 0 Å². The Hall–Kier alpha value is -0.280. The van der Waals surface area contributed by atoms with Gasteiger partial charge in [-0.1, -0.05) is 30.1 Å². The highest BCUT2D eigenvalue weighted by Crippen LogP contribution is 2.36. The first-order valence-electron chi connectivity index (χ1n) is 8.05. The predicted octanol–water partition coefficient (Wildman–Crippen LogP) is 4.66. The minimum Gasteiger partial charge on any atom is -0.311 e. The number of piperidine rings is 1. The molecule has 0 amide bonds. The lowest BCUT2D eigenvalue weighted by molar-refractivity contribution is 0.108. The van der Waals surface area contributed by atoms with Crippen molar-refractivity contribution < 1.29 is 0 Å². The molecule has 1 aromatic carbocycles. The highest BCUT2D eigenvalue weighted by molar-refractivity contribution is 6.33. The Bertz CT molecular complexity index is 494. The van der Waals surface area contributed by atoms with Crippen molar-refractivity contribution in [3.8, 4) is 0 Å². The first-order chi connectivity index (χ1) is 10.1. The maximum atomic E-state index is 6.40. The van der Waals surface area contributed by atoms with Crippen molar-refractivity contribution >= 4 is 23.2 Å². The van der Waals surface area contributed by atoms with Gasteiger partial charge in [-0.2, -0.15) is 0 Å². The van der Waals surface area contributed by atoms with E-state index in [2.05, 4.69) is 24.1 Å². The van der Waals surface area contributed by atoms with Gasteiger partial charge in [0.2, 0.25) is 0 Å². The Morgan fingerprint density at radius 2 is 1.90 bits per heavy atom. The average Bonchev–Trinajstić information content (AvgIpc) is 2.81. The molecule has 3 atom stereocenters. The molecule has 2 aliphatic heterocycles. The van der Waals surface area contributed by atoms with E-state index in [1.807, 2.05) is 18.2 Å². The predicted molar refractivity (Wildman–Crippen MR) is 90.2 cm³/mol. The molecule has 0 spiro atoms. The number of nitrogens with zero attached hydrogens (tertiary/aromatic N) is 1. The Kier molecular flexibility index (Phi) is 4.80. The van der Waals surface area contributed by atoms with Crippen LogP contribution in [-0.2, 0) is 0 Å². The summed E-state index contributed by atoms with van der Waals surface area (Å²) in [6.45, 7) is 5.55. The zero-order chi connectivity index (χ0) is 15.0. The summed E-state index contributed by atoms with van der Waals surface area (Å²) in [4.78, 5) is 2.60. The fourth-order valence-corrected chi connectivity index (χ4v) is 4.62. The molecule has 3 rings (SSSR count). The third-order valence-corrected chi connectivity index (χ3v) is 5.77. The molecule has 1 N–H and O–H groups in total. The zero-order valence-corrected chi connectivity index (χ0v) is 14.3. The second kappa shape index (κ2) is 6.45. The first-order valence-corrected chi connectivity index (χ1v) is 8.80. The minimum absolute atomic E-state index is 0.309. The monoisotopic (exact) mass is 326 g/mol. The molecule has 3 unspecified atom stereocenters. The maximum Gasteiger partial charge on any atom is 0.0454 e. The van der Waals surface area contributed by atoms with Crippen LogP contribution in [-0.4, -0.2) is 29.6 Å². The van der Waals surface area contributed by atoms with Gasteiger partial charge in [0.15, 0.2) is 0 Å². The van der Waals surface area contributed by atoms with E-state index in [9.17, 15) is 0 Å². The maximum absolute atomic E-state index is 6.40. The lowest BCUT2D eigenvalue weighted by atomic mass is 9.95. The van der Waals surface area contributed by atoms with Crippen LogP contribution in [0.3, 0.4) is 0 Å². The number of rotatable bonds is 4. The Morgan fingerprint density at radius 3 is 2.52 bits per heavy atom. The molecule has 2 nitrogen and oxygen atoms in total. The molecule has 0 aliphatic carbocycles. The van der Waals surface area contributed by atoms with E-state index in [-0.39, 0.29) is 0 Å². The molecule has 2 aliphatic rings. The van der Waals surface area contributed by atoms with E-state index in [0.717, 1.165) is 22.2 Å². The van der Waals surface area contributed by atoms with Crippen LogP contribution in [0.15, 0.2) is 18.2 Å². The molecule has 0 saturated carbocycles. The van der Waals surface area contributed by atoms with Gasteiger partial charge in [-0.15, -0.1) is 0 Å². The van der Waals surface area contributed by atoms with Crippen LogP contribution in [0.1, 0.15) is 51.1 Å². The van der Waals surface area contributed by atoms with Crippen molar-refractivity contribution in [2.75, 3.05) is 6.54 Å². The molecule has 2 saturated heterocycles. The van der Waals surface area contributed by atoms with E-state index < -0.39 is 0 Å². The van der Waals surface area contributed by atoms with Gasteiger partial charge >= 0.3 is 0 Å². The zero-order valence-electron chi connectivity index (χ0n) is 12.8. The van der Waals surface area contributed by atoms with Crippen molar-refractivity contribution in [3.05, 3.63) is 33.8 Å². The number of fused-ring (bicyclic) bond motifs is 2. The van der Waals surface area contributed by atoms with E-state index in [1.165, 1.54) is 25.7 Å². The van der Waals surface area contributed by atoms with Crippen molar-refractivity contribution in [2.24, 2.45) is 0 Å². The van der Waals surface area contributed by atoms with Crippen LogP contribution < -0.4 is 5.32 Å². The topological polar surface area (TPSA) is 15.3 Å². The third-order valence-electron chi connectivity index (χ3n) is 5.19. The molecular weight excluding hydrogens is 303 g/mol. The minimum atomic E-state index is 0.309. The highest BCUT2D eigenvalue weighted by Gasteiger charge is 2.37. The molecule has 116 valence electrons. The van der Waals surface area contributed by atoms with Crippen LogP contribution in [0, 0.1) is 0 Å². The quantitative estimate of drug-likeness (QED) is 0.865. The number of benzene rings is 1. The summed E-state index contributed by atoms with van der Waals surface area (Å²) >= 11 is 12.6. The van der Waals surface area contributed by atoms with Crippen LogP contribution in [0.4, 0.5) is 0 Å². The smallest absolute Gasteiger partial charge is 0.0454 e. The standard InChI is InChI=1S/C17H24Cl2N2/c1-3-21(15-9-13-5-6-14(10-15)20-13)11(2)16-8-12(18)4-7-17(16)19/h4,7-8,11,13-15,20H,3,5-6,9-10H2,1-2H3. The SMILES string of the molecule is CCN(C1CC2CCC(C1)N2)C(C)c1cc(Cl)ccc1Cl. The van der Waals surface area contributed by atoms with Crippen molar-refractivity contribution in [1.82, 2.24) is 10.2 Å². The highest BCUT2D eigenvalue weighted by atomic mass is 35.5. The Morgan fingerprint density at radius 1 is 1.24 bits per heavy atom. The Labute approximate surface area is 137 Å². The van der Waals surface area contributed by atoms with Crippen molar-refractivity contribution in [3.63, 3.8) is 0 Å². The number of nitrogens with one attached hydrogen (secondary N) is 1. The summed E-state index contributed by atoms with van der Waals surface area (Å²) in [5.74, 6) is 0. The van der Waals surface area contributed by atoms with E-state index >= 15 is 0 Å². The number of hydrogen-bond donors (Lipinski definition) is 1. The van der Waals surface area contributed by atoms with Gasteiger partial charge in [0.25, 0.3) is 0 Å². The molecule has 0 aromatic heterocycles. The summed E-state index contributed by atoms with van der Waals surface area (Å²) in [5.41, 5.74) is 1.15.